The summed E-state index contributed by atoms with van der Waals surface area (Å²) in [4.78, 5) is -0.401. The predicted octanol–water partition coefficient (Wildman–Crippen LogP) is 0.875. The van der Waals surface area contributed by atoms with Gasteiger partial charge in [-0.15, -0.1) is 0 Å². The summed E-state index contributed by atoms with van der Waals surface area (Å²) < 4.78 is 38.9. The summed E-state index contributed by atoms with van der Waals surface area (Å²) in [5.74, 6) is -0.803. The molecule has 0 aliphatic heterocycles. The predicted molar refractivity (Wildman–Crippen MR) is 57.9 cm³/mol. The van der Waals surface area contributed by atoms with Crippen LogP contribution in [0.2, 0.25) is 0 Å². The average molecular weight is 247 g/mol. The zero-order valence-electron chi connectivity index (χ0n) is 8.85. The highest BCUT2D eigenvalue weighted by atomic mass is 32.2. The third kappa shape index (κ3) is 3.01. The summed E-state index contributed by atoms with van der Waals surface area (Å²) in [6, 6.07) is 4.52. The van der Waals surface area contributed by atoms with Gasteiger partial charge in [-0.3, -0.25) is 0 Å². The van der Waals surface area contributed by atoms with Crippen molar-refractivity contribution < 1.29 is 17.9 Å². The Labute approximate surface area is 94.2 Å². The summed E-state index contributed by atoms with van der Waals surface area (Å²) in [5.41, 5.74) is 0. The van der Waals surface area contributed by atoms with Crippen LogP contribution in [0.25, 0.3) is 0 Å². The number of sulfonamides is 1. The fourth-order valence-corrected chi connectivity index (χ4v) is 2.58. The first-order valence-corrected chi connectivity index (χ1v) is 6.37. The zero-order valence-corrected chi connectivity index (χ0v) is 9.67. The smallest absolute Gasteiger partial charge is 0.243 e. The molecule has 1 aromatic carbocycles. The minimum atomic E-state index is -3.90. The molecule has 1 aromatic rings. The Balaban J connectivity index is 2.99. The number of halogens is 1. The molecule has 0 saturated carbocycles. The third-order valence-electron chi connectivity index (χ3n) is 2.16. The molecule has 0 radical (unpaired) electrons. The van der Waals surface area contributed by atoms with Gasteiger partial charge in [0.15, 0.2) is 0 Å². The number of rotatable bonds is 5. The molecule has 0 heterocycles. The van der Waals surface area contributed by atoms with Crippen molar-refractivity contribution in [2.45, 2.75) is 24.3 Å². The fourth-order valence-electron chi connectivity index (χ4n) is 1.20. The molecule has 1 atom stereocenters. The molecular weight excluding hydrogens is 233 g/mol. The second-order valence-corrected chi connectivity index (χ2v) is 5.02. The molecule has 2 N–H and O–H groups in total. The Morgan fingerprint density at radius 2 is 2.06 bits per heavy atom. The summed E-state index contributed by atoms with van der Waals surface area (Å²) in [7, 11) is -3.90. The normalized spacial score (nSPS) is 13.7. The van der Waals surface area contributed by atoms with Crippen LogP contribution >= 0.6 is 0 Å². The highest BCUT2D eigenvalue weighted by Crippen LogP contribution is 2.13. The van der Waals surface area contributed by atoms with Gasteiger partial charge >= 0.3 is 0 Å². The van der Waals surface area contributed by atoms with Crippen LogP contribution in [0.5, 0.6) is 0 Å². The van der Waals surface area contributed by atoms with E-state index in [0.29, 0.717) is 6.42 Å². The summed E-state index contributed by atoms with van der Waals surface area (Å²) in [6.07, 6.45) is 0.435. The van der Waals surface area contributed by atoms with Crippen LogP contribution in [0, 0.1) is 5.82 Å². The molecule has 1 rings (SSSR count). The van der Waals surface area contributed by atoms with Crippen molar-refractivity contribution >= 4 is 10.0 Å². The molecule has 0 bridgehead atoms. The van der Waals surface area contributed by atoms with Crippen molar-refractivity contribution in [3.05, 3.63) is 30.1 Å². The van der Waals surface area contributed by atoms with Gasteiger partial charge in [-0.25, -0.2) is 17.5 Å². The van der Waals surface area contributed by atoms with Crippen LogP contribution in [-0.2, 0) is 10.0 Å². The molecule has 0 spiro atoms. The maximum Gasteiger partial charge on any atom is 0.243 e. The molecule has 0 amide bonds. The quantitative estimate of drug-likeness (QED) is 0.811. The second-order valence-electron chi connectivity index (χ2n) is 3.34. The van der Waals surface area contributed by atoms with E-state index in [4.69, 9.17) is 5.11 Å². The molecule has 0 aliphatic carbocycles. The van der Waals surface area contributed by atoms with Gasteiger partial charge in [0.1, 0.15) is 10.7 Å². The van der Waals surface area contributed by atoms with E-state index < -0.39 is 26.8 Å². The second kappa shape index (κ2) is 5.38. The highest BCUT2D eigenvalue weighted by molar-refractivity contribution is 7.89. The highest BCUT2D eigenvalue weighted by Gasteiger charge is 2.21. The van der Waals surface area contributed by atoms with E-state index in [-0.39, 0.29) is 6.61 Å². The van der Waals surface area contributed by atoms with Crippen LogP contribution in [0.1, 0.15) is 13.3 Å². The minimum absolute atomic E-state index is 0.315. The third-order valence-corrected chi connectivity index (χ3v) is 3.71. The average Bonchev–Trinajstić information content (AvgIpc) is 2.26. The van der Waals surface area contributed by atoms with E-state index in [0.717, 1.165) is 6.07 Å². The van der Waals surface area contributed by atoms with Gasteiger partial charge in [-0.2, -0.15) is 0 Å². The molecule has 0 fully saturated rings. The first-order valence-electron chi connectivity index (χ1n) is 4.89. The Bertz CT molecular complexity index is 443. The van der Waals surface area contributed by atoms with E-state index in [1.54, 1.807) is 6.92 Å². The Morgan fingerprint density at radius 3 is 2.56 bits per heavy atom. The van der Waals surface area contributed by atoms with Crippen LogP contribution in [0.15, 0.2) is 29.2 Å². The van der Waals surface area contributed by atoms with Crippen molar-refractivity contribution in [1.29, 1.82) is 0 Å². The monoisotopic (exact) mass is 247 g/mol. The Kier molecular flexibility index (Phi) is 4.40. The van der Waals surface area contributed by atoms with Gasteiger partial charge in [-0.1, -0.05) is 19.1 Å². The minimum Gasteiger partial charge on any atom is -0.395 e. The van der Waals surface area contributed by atoms with E-state index in [9.17, 15) is 12.8 Å². The summed E-state index contributed by atoms with van der Waals surface area (Å²) in [5, 5.41) is 8.88. The summed E-state index contributed by atoms with van der Waals surface area (Å²) >= 11 is 0. The van der Waals surface area contributed by atoms with E-state index in [2.05, 4.69) is 4.72 Å². The SMILES string of the molecule is CCC(CO)NS(=O)(=O)c1ccccc1F. The lowest BCUT2D eigenvalue weighted by Gasteiger charge is -2.14. The lowest BCUT2D eigenvalue weighted by atomic mass is 10.3. The number of benzene rings is 1. The number of nitrogens with one attached hydrogen (secondary N) is 1. The van der Waals surface area contributed by atoms with Gasteiger partial charge in [0.25, 0.3) is 0 Å². The van der Waals surface area contributed by atoms with E-state index in [1.165, 1.54) is 18.2 Å². The van der Waals surface area contributed by atoms with Gasteiger partial charge in [0, 0.05) is 6.04 Å². The molecule has 16 heavy (non-hydrogen) atoms. The Hall–Kier alpha value is -0.980. The van der Waals surface area contributed by atoms with Crippen LogP contribution < -0.4 is 4.72 Å². The molecule has 0 aromatic heterocycles. The maximum absolute atomic E-state index is 13.3. The summed E-state index contributed by atoms with van der Waals surface area (Å²) in [6.45, 7) is 1.41. The largest absolute Gasteiger partial charge is 0.395 e. The first kappa shape index (κ1) is 13.1. The molecule has 1 unspecified atom stereocenters. The van der Waals surface area contributed by atoms with Crippen molar-refractivity contribution in [3.63, 3.8) is 0 Å². The number of hydrogen-bond acceptors (Lipinski definition) is 3. The van der Waals surface area contributed by atoms with Gasteiger partial charge in [0.2, 0.25) is 10.0 Å². The van der Waals surface area contributed by atoms with E-state index >= 15 is 0 Å². The lowest BCUT2D eigenvalue weighted by Crippen LogP contribution is -2.37. The first-order chi connectivity index (χ1) is 7.51. The number of aliphatic hydroxyl groups excluding tert-OH is 1. The lowest BCUT2D eigenvalue weighted by molar-refractivity contribution is 0.253. The van der Waals surface area contributed by atoms with Gasteiger partial charge in [0.05, 0.1) is 6.61 Å². The molecule has 0 saturated heterocycles. The van der Waals surface area contributed by atoms with Crippen molar-refractivity contribution in [2.24, 2.45) is 0 Å². The molecule has 0 aliphatic rings. The van der Waals surface area contributed by atoms with Crippen molar-refractivity contribution in [1.82, 2.24) is 4.72 Å². The fraction of sp³-hybridized carbons (Fsp3) is 0.400. The van der Waals surface area contributed by atoms with Crippen molar-refractivity contribution in [2.75, 3.05) is 6.61 Å². The van der Waals surface area contributed by atoms with Crippen LogP contribution in [-0.4, -0.2) is 26.2 Å². The Morgan fingerprint density at radius 1 is 1.44 bits per heavy atom. The molecule has 6 heteroatoms. The van der Waals surface area contributed by atoms with E-state index in [1.807, 2.05) is 0 Å². The van der Waals surface area contributed by atoms with Gasteiger partial charge < -0.3 is 5.11 Å². The molecular formula is C10H14FNO3S. The van der Waals surface area contributed by atoms with Crippen molar-refractivity contribution in [3.8, 4) is 0 Å². The zero-order chi connectivity index (χ0) is 12.2. The standard InChI is InChI=1S/C10H14FNO3S/c1-2-8(7-13)12-16(14,15)10-6-4-3-5-9(10)11/h3-6,8,12-13H,2,7H2,1H3. The molecule has 90 valence electrons. The maximum atomic E-state index is 13.3. The number of hydrogen-bond donors (Lipinski definition) is 2. The number of aliphatic hydroxyl groups is 1. The van der Waals surface area contributed by atoms with Gasteiger partial charge in [-0.05, 0) is 18.6 Å². The molecule has 4 nitrogen and oxygen atoms in total. The van der Waals surface area contributed by atoms with Crippen LogP contribution in [0.3, 0.4) is 0 Å². The van der Waals surface area contributed by atoms with Crippen LogP contribution in [0.4, 0.5) is 4.39 Å². The topological polar surface area (TPSA) is 66.4 Å².